The molecule has 1 atom stereocenters. The zero-order valence-corrected chi connectivity index (χ0v) is 12.6. The minimum Gasteiger partial charge on any atom is -0.467 e. The van der Waals surface area contributed by atoms with Crippen LogP contribution in [0.2, 0.25) is 0 Å². The van der Waals surface area contributed by atoms with Crippen LogP contribution in [-0.4, -0.2) is 6.54 Å². The quantitative estimate of drug-likeness (QED) is 0.904. The molecule has 0 bridgehead atoms. The molecule has 2 aromatic heterocycles. The molecule has 2 nitrogen and oxygen atoms in total. The van der Waals surface area contributed by atoms with Crippen LogP contribution in [-0.2, 0) is 0 Å². The van der Waals surface area contributed by atoms with Crippen LogP contribution in [0, 0.1) is 13.8 Å². The van der Waals surface area contributed by atoms with Crippen molar-refractivity contribution < 1.29 is 4.42 Å². The van der Waals surface area contributed by atoms with Gasteiger partial charge in [0.15, 0.2) is 0 Å². The van der Waals surface area contributed by atoms with Gasteiger partial charge in [0.05, 0.1) is 10.0 Å². The maximum absolute atomic E-state index is 5.61. The summed E-state index contributed by atoms with van der Waals surface area (Å²) in [5.74, 6) is 1.01. The molecule has 4 heteroatoms. The lowest BCUT2D eigenvalue weighted by molar-refractivity contribution is 0.452. The molecule has 0 aliphatic heterocycles. The molecule has 0 saturated carbocycles. The standard InChI is InChI=1S/C13H16BrNOS/c1-4-15-11(12-8(2)5-6-16-12)10-7-9(3)13(14)17-10/h5-7,11,15H,4H2,1-3H3. The zero-order valence-electron chi connectivity index (χ0n) is 10.2. The molecule has 0 amide bonds. The lowest BCUT2D eigenvalue weighted by Crippen LogP contribution is -2.21. The van der Waals surface area contributed by atoms with Crippen molar-refractivity contribution in [1.29, 1.82) is 0 Å². The molecule has 0 aliphatic carbocycles. The average Bonchev–Trinajstić information content (AvgIpc) is 2.83. The van der Waals surface area contributed by atoms with Gasteiger partial charge in [-0.15, -0.1) is 11.3 Å². The Labute approximate surface area is 114 Å². The first-order valence-electron chi connectivity index (χ1n) is 5.66. The van der Waals surface area contributed by atoms with Crippen LogP contribution in [0.1, 0.15) is 34.7 Å². The van der Waals surface area contributed by atoms with Crippen molar-refractivity contribution in [3.63, 3.8) is 0 Å². The molecule has 0 saturated heterocycles. The smallest absolute Gasteiger partial charge is 0.128 e. The Hall–Kier alpha value is -0.580. The molecule has 2 aromatic rings. The summed E-state index contributed by atoms with van der Waals surface area (Å²) in [4.78, 5) is 1.29. The number of nitrogens with one attached hydrogen (secondary N) is 1. The molecule has 17 heavy (non-hydrogen) atoms. The molecular formula is C13H16BrNOS. The van der Waals surface area contributed by atoms with E-state index in [1.54, 1.807) is 17.6 Å². The van der Waals surface area contributed by atoms with Crippen molar-refractivity contribution in [3.05, 3.63) is 43.9 Å². The highest BCUT2D eigenvalue weighted by Gasteiger charge is 2.20. The van der Waals surface area contributed by atoms with Crippen LogP contribution in [0.4, 0.5) is 0 Å². The predicted octanol–water partition coefficient (Wildman–Crippen LogP) is 4.42. The molecular weight excluding hydrogens is 298 g/mol. The van der Waals surface area contributed by atoms with Crippen LogP contribution in [0.15, 0.2) is 26.6 Å². The zero-order chi connectivity index (χ0) is 12.4. The molecule has 1 N–H and O–H groups in total. The van der Waals surface area contributed by atoms with Crippen LogP contribution >= 0.6 is 27.3 Å². The Balaban J connectivity index is 2.39. The summed E-state index contributed by atoms with van der Waals surface area (Å²) in [6.45, 7) is 7.22. The molecule has 92 valence electrons. The van der Waals surface area contributed by atoms with Gasteiger partial charge in [-0.25, -0.2) is 0 Å². The van der Waals surface area contributed by atoms with E-state index in [9.17, 15) is 0 Å². The minimum atomic E-state index is 0.157. The van der Waals surface area contributed by atoms with E-state index in [4.69, 9.17) is 4.42 Å². The van der Waals surface area contributed by atoms with Crippen molar-refractivity contribution in [2.45, 2.75) is 26.8 Å². The Morgan fingerprint density at radius 2 is 2.18 bits per heavy atom. The number of aryl methyl sites for hydroxylation is 2. The second-order valence-electron chi connectivity index (χ2n) is 4.06. The first-order valence-corrected chi connectivity index (χ1v) is 7.27. The maximum atomic E-state index is 5.61. The minimum absolute atomic E-state index is 0.157. The average molecular weight is 314 g/mol. The number of rotatable bonds is 4. The van der Waals surface area contributed by atoms with Gasteiger partial charge < -0.3 is 9.73 Å². The van der Waals surface area contributed by atoms with E-state index >= 15 is 0 Å². The van der Waals surface area contributed by atoms with Crippen molar-refractivity contribution in [2.24, 2.45) is 0 Å². The highest BCUT2D eigenvalue weighted by atomic mass is 79.9. The number of furan rings is 1. The topological polar surface area (TPSA) is 25.2 Å². The molecule has 2 heterocycles. The lowest BCUT2D eigenvalue weighted by Gasteiger charge is -2.14. The fraction of sp³-hybridized carbons (Fsp3) is 0.385. The SMILES string of the molecule is CCNC(c1cc(C)c(Br)s1)c1occc1C. The summed E-state index contributed by atoms with van der Waals surface area (Å²) < 4.78 is 6.81. The monoisotopic (exact) mass is 313 g/mol. The van der Waals surface area contributed by atoms with Gasteiger partial charge >= 0.3 is 0 Å². The number of hydrogen-bond acceptors (Lipinski definition) is 3. The van der Waals surface area contributed by atoms with E-state index in [-0.39, 0.29) is 6.04 Å². The largest absolute Gasteiger partial charge is 0.467 e. The Bertz CT molecular complexity index is 484. The van der Waals surface area contributed by atoms with Crippen molar-refractivity contribution in [1.82, 2.24) is 5.32 Å². The van der Waals surface area contributed by atoms with E-state index < -0.39 is 0 Å². The second kappa shape index (κ2) is 5.38. The van der Waals surface area contributed by atoms with Crippen molar-refractivity contribution >= 4 is 27.3 Å². The molecule has 0 fully saturated rings. The highest BCUT2D eigenvalue weighted by Crippen LogP contribution is 2.35. The molecule has 0 aromatic carbocycles. The van der Waals surface area contributed by atoms with E-state index in [0.717, 1.165) is 12.3 Å². The first kappa shape index (κ1) is 12.9. The normalized spacial score (nSPS) is 12.9. The Morgan fingerprint density at radius 3 is 2.65 bits per heavy atom. The molecule has 0 aliphatic rings. The third-order valence-corrected chi connectivity index (χ3v) is 4.93. The summed E-state index contributed by atoms with van der Waals surface area (Å²) >= 11 is 5.34. The van der Waals surface area contributed by atoms with Gasteiger partial charge in [0, 0.05) is 4.88 Å². The third-order valence-electron chi connectivity index (χ3n) is 2.73. The summed E-state index contributed by atoms with van der Waals surface area (Å²) in [5, 5.41) is 3.48. The Morgan fingerprint density at radius 1 is 1.41 bits per heavy atom. The summed E-state index contributed by atoms with van der Waals surface area (Å²) in [6, 6.07) is 4.38. The van der Waals surface area contributed by atoms with Crippen LogP contribution < -0.4 is 5.32 Å². The second-order valence-corrected chi connectivity index (χ2v) is 6.47. The maximum Gasteiger partial charge on any atom is 0.128 e. The highest BCUT2D eigenvalue weighted by molar-refractivity contribution is 9.11. The van der Waals surface area contributed by atoms with Crippen molar-refractivity contribution in [3.8, 4) is 0 Å². The van der Waals surface area contributed by atoms with E-state index in [1.807, 2.05) is 6.07 Å². The number of thiophene rings is 1. The Kier molecular flexibility index (Phi) is 4.07. The fourth-order valence-electron chi connectivity index (χ4n) is 1.83. The van der Waals surface area contributed by atoms with E-state index in [0.29, 0.717) is 0 Å². The van der Waals surface area contributed by atoms with Gasteiger partial charge in [-0.2, -0.15) is 0 Å². The van der Waals surface area contributed by atoms with Crippen LogP contribution in [0.25, 0.3) is 0 Å². The molecule has 1 unspecified atom stereocenters. The third kappa shape index (κ3) is 2.64. The van der Waals surface area contributed by atoms with Crippen LogP contribution in [0.5, 0.6) is 0 Å². The van der Waals surface area contributed by atoms with Gasteiger partial charge in [-0.05, 0) is 59.6 Å². The van der Waals surface area contributed by atoms with Crippen LogP contribution in [0.3, 0.4) is 0 Å². The molecule has 0 spiro atoms. The first-order chi connectivity index (χ1) is 8.13. The van der Waals surface area contributed by atoms with Gasteiger partial charge in [0.25, 0.3) is 0 Å². The van der Waals surface area contributed by atoms with Gasteiger partial charge in [-0.1, -0.05) is 6.92 Å². The van der Waals surface area contributed by atoms with Crippen molar-refractivity contribution in [2.75, 3.05) is 6.54 Å². The number of hydrogen-bond donors (Lipinski definition) is 1. The molecule has 0 radical (unpaired) electrons. The van der Waals surface area contributed by atoms with Gasteiger partial charge in [0.1, 0.15) is 11.8 Å². The number of halogens is 1. The summed E-state index contributed by atoms with van der Waals surface area (Å²) in [6.07, 6.45) is 1.75. The van der Waals surface area contributed by atoms with Gasteiger partial charge in [0.2, 0.25) is 0 Å². The summed E-state index contributed by atoms with van der Waals surface area (Å²) in [7, 11) is 0. The summed E-state index contributed by atoms with van der Waals surface area (Å²) in [5.41, 5.74) is 2.47. The van der Waals surface area contributed by atoms with Gasteiger partial charge in [-0.3, -0.25) is 0 Å². The van der Waals surface area contributed by atoms with E-state index in [2.05, 4.69) is 48.1 Å². The predicted molar refractivity (Wildman–Crippen MR) is 75.7 cm³/mol. The lowest BCUT2D eigenvalue weighted by atomic mass is 10.1. The fourth-order valence-corrected chi connectivity index (χ4v) is 3.48. The molecule has 2 rings (SSSR count). The van der Waals surface area contributed by atoms with E-state index in [1.165, 1.54) is 19.8 Å².